The number of hydrogen-bond donors (Lipinski definition) is 3. The molecule has 2 aromatic rings. The van der Waals surface area contributed by atoms with E-state index < -0.39 is 11.6 Å². The van der Waals surface area contributed by atoms with Gasteiger partial charge in [0.2, 0.25) is 5.91 Å². The van der Waals surface area contributed by atoms with E-state index in [2.05, 4.69) is 43.1 Å². The van der Waals surface area contributed by atoms with Crippen molar-refractivity contribution in [1.82, 2.24) is 19.8 Å². The Morgan fingerprint density at radius 1 is 1.08 bits per heavy atom. The maximum Gasteiger partial charge on any atom is 0.410 e. The SMILES string of the molecule is CC1CC(C=Nc2ccc(C3=CC4=CC=C(c5cnc(C6CC(C)CN6C(=O)OC(C)(C)C)[nH]5)CC4CC3)cc2N)N(C(=O)C(N)C(C)C)C1. The van der Waals surface area contributed by atoms with Gasteiger partial charge in [-0.25, -0.2) is 9.78 Å². The van der Waals surface area contributed by atoms with E-state index >= 15 is 0 Å². The van der Waals surface area contributed by atoms with Crippen molar-refractivity contribution >= 4 is 40.7 Å². The molecule has 3 heterocycles. The highest BCUT2D eigenvalue weighted by Gasteiger charge is 2.39. The Morgan fingerprint density at radius 2 is 1.82 bits per heavy atom. The van der Waals surface area contributed by atoms with E-state index in [4.69, 9.17) is 26.2 Å². The second kappa shape index (κ2) is 14.2. The summed E-state index contributed by atoms with van der Waals surface area (Å²) >= 11 is 0. The predicted octanol–water partition coefficient (Wildman–Crippen LogP) is 7.44. The highest BCUT2D eigenvalue weighted by molar-refractivity contribution is 5.87. The molecule has 6 atom stereocenters. The van der Waals surface area contributed by atoms with E-state index in [0.29, 0.717) is 42.2 Å². The number of nitrogens with two attached hydrogens (primary N) is 2. The molecule has 6 unspecified atom stereocenters. The molecule has 50 heavy (non-hydrogen) atoms. The number of nitrogens with zero attached hydrogens (tertiary/aromatic N) is 4. The smallest absolute Gasteiger partial charge is 0.410 e. The Morgan fingerprint density at radius 3 is 2.54 bits per heavy atom. The summed E-state index contributed by atoms with van der Waals surface area (Å²) in [6.07, 6.45) is 14.9. The summed E-state index contributed by atoms with van der Waals surface area (Å²) in [5.41, 5.74) is 19.5. The Labute approximate surface area is 297 Å². The fourth-order valence-corrected chi connectivity index (χ4v) is 7.74. The van der Waals surface area contributed by atoms with Crippen molar-refractivity contribution in [2.75, 3.05) is 18.8 Å². The molecule has 6 rings (SSSR count). The molecule has 1 aromatic carbocycles. The number of likely N-dealkylation sites (tertiary alicyclic amines) is 2. The van der Waals surface area contributed by atoms with Crippen LogP contribution in [0.3, 0.4) is 0 Å². The number of fused-ring (bicyclic) bond motifs is 1. The van der Waals surface area contributed by atoms with E-state index in [0.717, 1.165) is 49.2 Å². The summed E-state index contributed by atoms with van der Waals surface area (Å²) in [4.78, 5) is 42.8. The van der Waals surface area contributed by atoms with Crippen LogP contribution in [0.2, 0.25) is 0 Å². The summed E-state index contributed by atoms with van der Waals surface area (Å²) in [5, 5.41) is 0. The molecule has 1 aromatic heterocycles. The fourth-order valence-electron chi connectivity index (χ4n) is 7.74. The topological polar surface area (TPSA) is 143 Å². The van der Waals surface area contributed by atoms with Crippen molar-refractivity contribution < 1.29 is 14.3 Å². The third-order valence-corrected chi connectivity index (χ3v) is 10.5. The molecule has 10 heteroatoms. The zero-order valence-corrected chi connectivity index (χ0v) is 30.8. The van der Waals surface area contributed by atoms with Gasteiger partial charge in [-0.15, -0.1) is 0 Å². The van der Waals surface area contributed by atoms with Crippen LogP contribution in [0.1, 0.15) is 104 Å². The van der Waals surface area contributed by atoms with Crippen LogP contribution in [-0.4, -0.2) is 68.8 Å². The first kappa shape index (κ1) is 35.6. The zero-order chi connectivity index (χ0) is 35.9. The Kier molecular flexibility index (Phi) is 10.1. The van der Waals surface area contributed by atoms with Gasteiger partial charge in [-0.05, 0) is 111 Å². The second-order valence-corrected chi connectivity index (χ2v) is 16.4. The lowest BCUT2D eigenvalue weighted by atomic mass is 9.77. The number of rotatable bonds is 7. The molecule has 2 fully saturated rings. The van der Waals surface area contributed by atoms with Gasteiger partial charge >= 0.3 is 6.09 Å². The molecule has 0 spiro atoms. The predicted molar refractivity (Wildman–Crippen MR) is 201 cm³/mol. The summed E-state index contributed by atoms with van der Waals surface area (Å²) in [7, 11) is 0. The quantitative estimate of drug-likeness (QED) is 0.205. The number of imidazole rings is 1. The molecular weight excluding hydrogens is 626 g/mol. The van der Waals surface area contributed by atoms with Crippen LogP contribution >= 0.6 is 0 Å². The van der Waals surface area contributed by atoms with Gasteiger partial charge < -0.3 is 26.1 Å². The maximum absolute atomic E-state index is 13.0. The van der Waals surface area contributed by atoms with E-state index in [-0.39, 0.29) is 30.0 Å². The highest BCUT2D eigenvalue weighted by Crippen LogP contribution is 2.42. The summed E-state index contributed by atoms with van der Waals surface area (Å²) in [6, 6.07) is 5.40. The molecule has 0 bridgehead atoms. The van der Waals surface area contributed by atoms with Crippen molar-refractivity contribution in [2.45, 2.75) is 104 Å². The summed E-state index contributed by atoms with van der Waals surface area (Å²) in [5.74, 6) is 2.10. The summed E-state index contributed by atoms with van der Waals surface area (Å²) < 4.78 is 5.71. The monoisotopic (exact) mass is 681 g/mol. The van der Waals surface area contributed by atoms with Crippen molar-refractivity contribution in [2.24, 2.45) is 34.4 Å². The number of amides is 2. The third-order valence-electron chi connectivity index (χ3n) is 10.5. The number of H-pyrrole nitrogens is 1. The number of carbonyl (C=O) groups is 2. The number of allylic oxidation sites excluding steroid dienone is 6. The maximum atomic E-state index is 13.0. The van der Waals surface area contributed by atoms with Gasteiger partial charge in [0.05, 0.1) is 41.4 Å². The van der Waals surface area contributed by atoms with Gasteiger partial charge in [-0.2, -0.15) is 0 Å². The lowest BCUT2D eigenvalue weighted by molar-refractivity contribution is -0.133. The molecule has 0 saturated carbocycles. The second-order valence-electron chi connectivity index (χ2n) is 16.4. The van der Waals surface area contributed by atoms with E-state index in [1.54, 1.807) is 0 Å². The number of benzene rings is 1. The number of aromatic nitrogens is 2. The lowest BCUT2D eigenvalue weighted by Crippen LogP contribution is -2.48. The molecule has 2 aliphatic carbocycles. The number of carbonyl (C=O) groups excluding carboxylic acids is 2. The lowest BCUT2D eigenvalue weighted by Gasteiger charge is -2.29. The first-order chi connectivity index (χ1) is 23.7. The van der Waals surface area contributed by atoms with Crippen LogP contribution in [0.25, 0.3) is 11.1 Å². The van der Waals surface area contributed by atoms with Gasteiger partial charge in [0.15, 0.2) is 0 Å². The number of anilines is 1. The average Bonchev–Trinajstić information content (AvgIpc) is 3.80. The Hall–Kier alpha value is -4.18. The highest BCUT2D eigenvalue weighted by atomic mass is 16.6. The Bertz CT molecular complexity index is 1730. The minimum Gasteiger partial charge on any atom is -0.444 e. The number of aromatic amines is 1. The van der Waals surface area contributed by atoms with Crippen molar-refractivity contribution in [1.29, 1.82) is 0 Å². The molecule has 5 N–H and O–H groups in total. The molecule has 268 valence electrons. The van der Waals surface area contributed by atoms with Crippen LogP contribution in [-0.2, 0) is 9.53 Å². The first-order valence-corrected chi connectivity index (χ1v) is 18.3. The van der Waals surface area contributed by atoms with E-state index in [1.165, 1.54) is 16.7 Å². The number of nitrogens with one attached hydrogen (secondary N) is 1. The number of aliphatic imine (C=N–C) groups is 1. The molecule has 10 nitrogen and oxygen atoms in total. The van der Waals surface area contributed by atoms with Crippen LogP contribution in [0, 0.1) is 23.7 Å². The minimum absolute atomic E-state index is 0.00895. The molecule has 4 aliphatic rings. The van der Waals surface area contributed by atoms with E-state index in [1.807, 2.05) is 69.0 Å². The molecule has 2 aliphatic heterocycles. The van der Waals surface area contributed by atoms with Gasteiger partial charge in [-0.1, -0.05) is 52.0 Å². The van der Waals surface area contributed by atoms with Crippen LogP contribution in [0.4, 0.5) is 16.2 Å². The van der Waals surface area contributed by atoms with Gasteiger partial charge in [0.25, 0.3) is 0 Å². The number of ether oxygens (including phenoxy) is 1. The molecule has 0 radical (unpaired) electrons. The standard InChI is InChI=1S/C40H55N7O3/c1-23(2)36(42)38(48)46-21-24(3)14-31(46)19-43-33-13-12-29(18-32(33)41)27-8-9-28-17-30(11-10-26(28)16-27)34-20-44-37(45-34)35-15-25(4)22-47(35)39(49)50-40(5,6)7/h10-13,16,18-20,23-25,28,31,35-36H,8-9,14-15,17,21-22,41-42H2,1-7H3,(H,44,45). The van der Waals surface area contributed by atoms with Crippen LogP contribution < -0.4 is 11.5 Å². The van der Waals surface area contributed by atoms with Crippen molar-refractivity contribution in [3.63, 3.8) is 0 Å². The largest absolute Gasteiger partial charge is 0.444 e. The number of nitrogen functional groups attached to an aromatic ring is 1. The summed E-state index contributed by atoms with van der Waals surface area (Å²) in [6.45, 7) is 15.3. The fraction of sp³-hybridized carbons (Fsp3) is 0.550. The third kappa shape index (κ3) is 7.75. The van der Waals surface area contributed by atoms with E-state index in [9.17, 15) is 9.59 Å². The van der Waals surface area contributed by atoms with Crippen molar-refractivity contribution in [3.05, 3.63) is 65.3 Å². The van der Waals surface area contributed by atoms with Crippen LogP contribution in [0.5, 0.6) is 0 Å². The first-order valence-electron chi connectivity index (χ1n) is 18.3. The zero-order valence-electron chi connectivity index (χ0n) is 30.8. The van der Waals surface area contributed by atoms with Gasteiger partial charge in [0.1, 0.15) is 11.4 Å². The minimum atomic E-state index is -0.541. The number of hydrogen-bond acceptors (Lipinski definition) is 7. The van der Waals surface area contributed by atoms with Gasteiger partial charge in [-0.3, -0.25) is 14.7 Å². The van der Waals surface area contributed by atoms with Gasteiger partial charge in [0, 0.05) is 19.3 Å². The molecule has 2 amide bonds. The van der Waals surface area contributed by atoms with Crippen molar-refractivity contribution in [3.8, 4) is 0 Å². The average molecular weight is 682 g/mol. The Balaban J connectivity index is 1.13. The molecule has 2 saturated heterocycles. The normalized spacial score (nSPS) is 26.2. The molecular formula is C40H55N7O3. The van der Waals surface area contributed by atoms with Crippen LogP contribution in [0.15, 0.2) is 53.2 Å².